The van der Waals surface area contributed by atoms with Crippen LogP contribution in [0.4, 0.5) is 0 Å². The molecule has 0 unspecified atom stereocenters. The van der Waals surface area contributed by atoms with Gasteiger partial charge >= 0.3 is 0 Å². The van der Waals surface area contributed by atoms with Crippen LogP contribution in [0, 0.1) is 0 Å². The molecule has 126 valence electrons. The minimum atomic E-state index is -1.28. The van der Waals surface area contributed by atoms with Crippen molar-refractivity contribution in [2.24, 2.45) is 0 Å². The van der Waals surface area contributed by atoms with Crippen LogP contribution in [0.3, 0.4) is 0 Å². The van der Waals surface area contributed by atoms with Gasteiger partial charge in [-0.2, -0.15) is 0 Å². The molecule has 0 radical (unpaired) electrons. The molecular weight excluding hydrogens is 310 g/mol. The maximum Gasteiger partial charge on any atom is 0.272 e. The quantitative estimate of drug-likeness (QED) is 0.891. The lowest BCUT2D eigenvalue weighted by Crippen LogP contribution is -2.50. The van der Waals surface area contributed by atoms with Crippen LogP contribution < -0.4 is 4.74 Å². The Labute approximate surface area is 139 Å². The summed E-state index contributed by atoms with van der Waals surface area (Å²) in [7, 11) is 0. The first-order valence-corrected chi connectivity index (χ1v) is 7.70. The number of carbonyl (C=O) groups excluding carboxylic acids is 1. The first kappa shape index (κ1) is 16.4. The fourth-order valence-corrected chi connectivity index (χ4v) is 2.49. The zero-order chi connectivity index (χ0) is 16.8. The van der Waals surface area contributed by atoms with E-state index in [9.17, 15) is 9.90 Å². The lowest BCUT2D eigenvalue weighted by atomic mass is 10.1. The van der Waals surface area contributed by atoms with Crippen molar-refractivity contribution in [2.75, 3.05) is 32.9 Å². The molecule has 1 N–H and O–H groups in total. The van der Waals surface area contributed by atoms with Gasteiger partial charge in [-0.3, -0.25) is 4.79 Å². The highest BCUT2D eigenvalue weighted by Gasteiger charge is 2.36. The Morgan fingerprint density at radius 2 is 2.17 bits per heavy atom. The molecule has 2 aromatic rings. The summed E-state index contributed by atoms with van der Waals surface area (Å²) in [6.07, 6.45) is 2.84. The van der Waals surface area contributed by atoms with Gasteiger partial charge in [-0.05, 0) is 18.2 Å². The summed E-state index contributed by atoms with van der Waals surface area (Å²) in [5, 5.41) is 10.8. The molecule has 1 saturated heterocycles. The van der Waals surface area contributed by atoms with Crippen LogP contribution in [0.1, 0.15) is 10.5 Å². The standard InChI is InChI=1S/C17H19N3O4/c21-16(15-6-7-18-13-19-15)20-8-9-23-11-17(22,10-20)12-24-14-4-2-1-3-5-14/h1-7,13,22H,8-12H2/t17-/m1/s1. The summed E-state index contributed by atoms with van der Waals surface area (Å²) in [6.45, 7) is 0.988. The molecule has 7 nitrogen and oxygen atoms in total. The van der Waals surface area contributed by atoms with Crippen molar-refractivity contribution in [3.05, 3.63) is 54.6 Å². The summed E-state index contributed by atoms with van der Waals surface area (Å²) < 4.78 is 11.1. The number of ether oxygens (including phenoxy) is 2. The number of carbonyl (C=O) groups is 1. The van der Waals surface area contributed by atoms with Gasteiger partial charge in [-0.15, -0.1) is 0 Å². The third kappa shape index (κ3) is 4.06. The van der Waals surface area contributed by atoms with Gasteiger partial charge in [0.15, 0.2) is 0 Å². The number of para-hydroxylation sites is 1. The molecule has 0 bridgehead atoms. The molecule has 1 aromatic heterocycles. The van der Waals surface area contributed by atoms with Crippen LogP contribution in [0.2, 0.25) is 0 Å². The third-order valence-electron chi connectivity index (χ3n) is 3.70. The molecule has 1 aromatic carbocycles. The zero-order valence-corrected chi connectivity index (χ0v) is 13.2. The van der Waals surface area contributed by atoms with Crippen molar-refractivity contribution in [3.63, 3.8) is 0 Å². The summed E-state index contributed by atoms with van der Waals surface area (Å²) in [4.78, 5) is 21.9. The van der Waals surface area contributed by atoms with Crippen LogP contribution in [-0.2, 0) is 4.74 Å². The number of hydrogen-bond donors (Lipinski definition) is 1. The van der Waals surface area contributed by atoms with Crippen molar-refractivity contribution in [1.82, 2.24) is 14.9 Å². The fraction of sp³-hybridized carbons (Fsp3) is 0.353. The van der Waals surface area contributed by atoms with E-state index in [1.54, 1.807) is 6.07 Å². The zero-order valence-electron chi connectivity index (χ0n) is 13.2. The molecule has 24 heavy (non-hydrogen) atoms. The molecule has 7 heteroatoms. The second-order valence-electron chi connectivity index (χ2n) is 5.70. The molecule has 1 aliphatic heterocycles. The monoisotopic (exact) mass is 329 g/mol. The number of aromatic nitrogens is 2. The average Bonchev–Trinajstić information content (AvgIpc) is 2.83. The van der Waals surface area contributed by atoms with E-state index in [2.05, 4.69) is 9.97 Å². The topological polar surface area (TPSA) is 84.8 Å². The van der Waals surface area contributed by atoms with E-state index in [0.717, 1.165) is 0 Å². The van der Waals surface area contributed by atoms with Crippen molar-refractivity contribution in [2.45, 2.75) is 5.60 Å². The summed E-state index contributed by atoms with van der Waals surface area (Å²) in [5.41, 5.74) is -0.993. The molecule has 0 aliphatic carbocycles. The molecular formula is C17H19N3O4. The van der Waals surface area contributed by atoms with Gasteiger partial charge in [0.25, 0.3) is 5.91 Å². The molecule has 1 atom stereocenters. The Morgan fingerprint density at radius 1 is 1.33 bits per heavy atom. The lowest BCUT2D eigenvalue weighted by molar-refractivity contribution is -0.0621. The molecule has 0 spiro atoms. The normalized spacial score (nSPS) is 21.1. The molecule has 2 heterocycles. The first-order chi connectivity index (χ1) is 11.7. The highest BCUT2D eigenvalue weighted by molar-refractivity contribution is 5.92. The molecule has 3 rings (SSSR count). The lowest BCUT2D eigenvalue weighted by Gasteiger charge is -2.30. The number of nitrogens with zero attached hydrogens (tertiary/aromatic N) is 3. The second kappa shape index (κ2) is 7.37. The van der Waals surface area contributed by atoms with Gasteiger partial charge in [0.05, 0.1) is 19.8 Å². The first-order valence-electron chi connectivity index (χ1n) is 7.70. The number of benzene rings is 1. The predicted octanol–water partition coefficient (Wildman–Crippen LogP) is 0.759. The van der Waals surface area contributed by atoms with Crippen LogP contribution in [0.5, 0.6) is 5.75 Å². The van der Waals surface area contributed by atoms with Crippen molar-refractivity contribution < 1.29 is 19.4 Å². The highest BCUT2D eigenvalue weighted by Crippen LogP contribution is 2.17. The number of β-amino-alcohol motifs (C(OH)–C–C–N with tert-alkyl or cyclic N) is 1. The summed E-state index contributed by atoms with van der Waals surface area (Å²) in [6, 6.07) is 10.8. The van der Waals surface area contributed by atoms with Gasteiger partial charge in [0.2, 0.25) is 0 Å². The summed E-state index contributed by atoms with van der Waals surface area (Å²) >= 11 is 0. The smallest absolute Gasteiger partial charge is 0.272 e. The van der Waals surface area contributed by atoms with Crippen LogP contribution in [-0.4, -0.2) is 64.4 Å². The highest BCUT2D eigenvalue weighted by atomic mass is 16.5. The largest absolute Gasteiger partial charge is 0.490 e. The molecule has 1 fully saturated rings. The minimum Gasteiger partial charge on any atom is -0.490 e. The maximum absolute atomic E-state index is 12.5. The molecule has 1 amide bonds. The van der Waals surface area contributed by atoms with Gasteiger partial charge in [-0.25, -0.2) is 9.97 Å². The SMILES string of the molecule is O=C(c1ccncn1)N1CCOC[C@@](O)(COc2ccccc2)C1. The van der Waals surface area contributed by atoms with E-state index in [1.807, 2.05) is 30.3 Å². The molecule has 0 saturated carbocycles. The van der Waals surface area contributed by atoms with E-state index in [4.69, 9.17) is 9.47 Å². The van der Waals surface area contributed by atoms with E-state index in [-0.39, 0.29) is 25.7 Å². The minimum absolute atomic E-state index is 0.0323. The predicted molar refractivity (Wildman–Crippen MR) is 85.6 cm³/mol. The Hall–Kier alpha value is -2.51. The fourth-order valence-electron chi connectivity index (χ4n) is 2.49. The van der Waals surface area contributed by atoms with Crippen molar-refractivity contribution in [1.29, 1.82) is 0 Å². The summed E-state index contributed by atoms with van der Waals surface area (Å²) in [5.74, 6) is 0.393. The average molecular weight is 329 g/mol. The Balaban J connectivity index is 1.68. The Morgan fingerprint density at radius 3 is 2.92 bits per heavy atom. The van der Waals surface area contributed by atoms with Crippen molar-refractivity contribution >= 4 is 5.91 Å². The second-order valence-corrected chi connectivity index (χ2v) is 5.70. The van der Waals surface area contributed by atoms with E-state index >= 15 is 0 Å². The number of hydrogen-bond acceptors (Lipinski definition) is 6. The number of amides is 1. The van der Waals surface area contributed by atoms with Gasteiger partial charge in [0.1, 0.15) is 30.0 Å². The van der Waals surface area contributed by atoms with Gasteiger partial charge in [0, 0.05) is 12.7 Å². The van der Waals surface area contributed by atoms with Gasteiger partial charge in [-0.1, -0.05) is 18.2 Å². The number of aliphatic hydroxyl groups is 1. The third-order valence-corrected chi connectivity index (χ3v) is 3.70. The van der Waals surface area contributed by atoms with E-state index < -0.39 is 5.60 Å². The Bertz CT molecular complexity index is 668. The molecule has 1 aliphatic rings. The van der Waals surface area contributed by atoms with E-state index in [0.29, 0.717) is 24.6 Å². The van der Waals surface area contributed by atoms with Crippen LogP contribution in [0.25, 0.3) is 0 Å². The number of rotatable bonds is 4. The van der Waals surface area contributed by atoms with Crippen LogP contribution in [0.15, 0.2) is 48.9 Å². The van der Waals surface area contributed by atoms with E-state index in [1.165, 1.54) is 17.4 Å². The maximum atomic E-state index is 12.5. The van der Waals surface area contributed by atoms with Crippen LogP contribution >= 0.6 is 0 Å². The Kier molecular flexibility index (Phi) is 5.02. The van der Waals surface area contributed by atoms with Gasteiger partial charge < -0.3 is 19.5 Å². The van der Waals surface area contributed by atoms with Crippen molar-refractivity contribution in [3.8, 4) is 5.75 Å².